The number of hydrogen-bond donors (Lipinski definition) is 1. The van der Waals surface area contributed by atoms with Gasteiger partial charge in [-0.3, -0.25) is 0 Å². The van der Waals surface area contributed by atoms with E-state index in [9.17, 15) is 5.11 Å². The van der Waals surface area contributed by atoms with Crippen LogP contribution in [0.3, 0.4) is 0 Å². The van der Waals surface area contributed by atoms with Crippen molar-refractivity contribution in [2.24, 2.45) is 0 Å². The Kier molecular flexibility index (Phi) is 3.01. The van der Waals surface area contributed by atoms with E-state index in [1.54, 1.807) is 0 Å². The van der Waals surface area contributed by atoms with Gasteiger partial charge in [0.1, 0.15) is 0 Å². The highest BCUT2D eigenvalue weighted by Gasteiger charge is 2.23. The second-order valence-corrected chi connectivity index (χ2v) is 4.69. The van der Waals surface area contributed by atoms with Crippen molar-refractivity contribution in [1.82, 2.24) is 0 Å². The number of nitrogens with zero attached hydrogens (tertiary/aromatic N) is 1. The minimum atomic E-state index is -0.613. The van der Waals surface area contributed by atoms with Gasteiger partial charge >= 0.3 is 0 Å². The Morgan fingerprint density at radius 2 is 2.12 bits per heavy atom. The van der Waals surface area contributed by atoms with Gasteiger partial charge in [0.2, 0.25) is 0 Å². The molecule has 2 nitrogen and oxygen atoms in total. The number of rotatable bonds is 3. The summed E-state index contributed by atoms with van der Waals surface area (Å²) in [5, 5.41) is 10.1. The van der Waals surface area contributed by atoms with Crippen molar-refractivity contribution in [2.45, 2.75) is 25.9 Å². The average molecular weight is 217 g/mol. The monoisotopic (exact) mass is 217 g/mol. The number of β-amino-alcohol motifs (C(OH)–C–C–N with tert-alkyl or cyclic N) is 1. The van der Waals surface area contributed by atoms with Gasteiger partial charge in [-0.1, -0.05) is 37.3 Å². The number of para-hydroxylation sites is 1. The SMILES string of the molecule is CCC(C)(O)CN1CC=Cc2ccccc21. The summed E-state index contributed by atoms with van der Waals surface area (Å²) in [4.78, 5) is 2.23. The van der Waals surface area contributed by atoms with Gasteiger partial charge in [-0.05, 0) is 25.0 Å². The fourth-order valence-electron chi connectivity index (χ4n) is 1.99. The summed E-state index contributed by atoms with van der Waals surface area (Å²) in [6.45, 7) is 5.48. The molecule has 0 amide bonds. The summed E-state index contributed by atoms with van der Waals surface area (Å²) in [5.74, 6) is 0. The first-order valence-electron chi connectivity index (χ1n) is 5.85. The third-order valence-corrected chi connectivity index (χ3v) is 3.19. The summed E-state index contributed by atoms with van der Waals surface area (Å²) in [6, 6.07) is 8.32. The molecule has 0 bridgehead atoms. The molecule has 1 aromatic carbocycles. The van der Waals surface area contributed by atoms with Gasteiger partial charge in [0.15, 0.2) is 0 Å². The van der Waals surface area contributed by atoms with E-state index in [-0.39, 0.29) is 0 Å². The summed E-state index contributed by atoms with van der Waals surface area (Å²) < 4.78 is 0. The molecule has 1 atom stereocenters. The van der Waals surface area contributed by atoms with Crippen molar-refractivity contribution in [2.75, 3.05) is 18.0 Å². The molecule has 1 aliphatic rings. The third kappa shape index (κ3) is 2.27. The van der Waals surface area contributed by atoms with Crippen molar-refractivity contribution in [3.8, 4) is 0 Å². The third-order valence-electron chi connectivity index (χ3n) is 3.19. The van der Waals surface area contributed by atoms with Crippen LogP contribution in [0.25, 0.3) is 6.08 Å². The smallest absolute Gasteiger partial charge is 0.0791 e. The Balaban J connectivity index is 2.22. The van der Waals surface area contributed by atoms with E-state index in [0.717, 1.165) is 13.0 Å². The maximum Gasteiger partial charge on any atom is 0.0791 e. The fourth-order valence-corrected chi connectivity index (χ4v) is 1.99. The number of benzene rings is 1. The van der Waals surface area contributed by atoms with E-state index < -0.39 is 5.60 Å². The number of fused-ring (bicyclic) bond motifs is 1. The maximum absolute atomic E-state index is 10.1. The van der Waals surface area contributed by atoms with Crippen molar-refractivity contribution < 1.29 is 5.11 Å². The normalized spacial score (nSPS) is 18.1. The molecule has 2 rings (SSSR count). The van der Waals surface area contributed by atoms with Gasteiger partial charge in [0, 0.05) is 18.8 Å². The summed E-state index contributed by atoms with van der Waals surface area (Å²) in [5.41, 5.74) is 1.84. The van der Waals surface area contributed by atoms with E-state index in [1.165, 1.54) is 11.3 Å². The van der Waals surface area contributed by atoms with Gasteiger partial charge in [0.05, 0.1) is 5.60 Å². The molecule has 2 heteroatoms. The standard InChI is InChI=1S/C14H19NO/c1-3-14(2,16)11-15-10-6-8-12-7-4-5-9-13(12)15/h4-9,16H,3,10-11H2,1-2H3. The van der Waals surface area contributed by atoms with Gasteiger partial charge in [-0.15, -0.1) is 0 Å². The first-order valence-corrected chi connectivity index (χ1v) is 5.85. The lowest BCUT2D eigenvalue weighted by molar-refractivity contribution is 0.0634. The van der Waals surface area contributed by atoms with Crippen LogP contribution >= 0.6 is 0 Å². The highest BCUT2D eigenvalue weighted by atomic mass is 16.3. The molecule has 0 aromatic heterocycles. The van der Waals surface area contributed by atoms with E-state index in [1.807, 2.05) is 26.0 Å². The second-order valence-electron chi connectivity index (χ2n) is 4.69. The molecule has 0 radical (unpaired) electrons. The minimum Gasteiger partial charge on any atom is -0.388 e. The lowest BCUT2D eigenvalue weighted by Crippen LogP contribution is -2.41. The van der Waals surface area contributed by atoms with Crippen LogP contribution in [-0.2, 0) is 0 Å². The molecule has 1 heterocycles. The molecule has 0 fully saturated rings. The molecule has 0 saturated carbocycles. The largest absolute Gasteiger partial charge is 0.388 e. The van der Waals surface area contributed by atoms with Crippen LogP contribution in [0.5, 0.6) is 0 Å². The lowest BCUT2D eigenvalue weighted by Gasteiger charge is -2.34. The zero-order valence-electron chi connectivity index (χ0n) is 9.98. The van der Waals surface area contributed by atoms with E-state index in [0.29, 0.717) is 6.54 Å². The zero-order valence-corrected chi connectivity index (χ0v) is 9.98. The Hall–Kier alpha value is -1.28. The van der Waals surface area contributed by atoms with Gasteiger partial charge in [0.25, 0.3) is 0 Å². The maximum atomic E-state index is 10.1. The zero-order chi connectivity index (χ0) is 11.6. The summed E-state index contributed by atoms with van der Waals surface area (Å²) >= 11 is 0. The summed E-state index contributed by atoms with van der Waals surface area (Å²) in [7, 11) is 0. The van der Waals surface area contributed by atoms with Crippen LogP contribution < -0.4 is 4.90 Å². The predicted molar refractivity (Wildman–Crippen MR) is 68.6 cm³/mol. The Bertz CT molecular complexity index is 395. The average Bonchev–Trinajstić information content (AvgIpc) is 2.29. The van der Waals surface area contributed by atoms with Crippen LogP contribution in [0.4, 0.5) is 5.69 Å². The van der Waals surface area contributed by atoms with Gasteiger partial charge in [-0.2, -0.15) is 0 Å². The number of anilines is 1. The minimum absolute atomic E-state index is 0.613. The fraction of sp³-hybridized carbons (Fsp3) is 0.429. The number of hydrogen-bond acceptors (Lipinski definition) is 2. The van der Waals surface area contributed by atoms with Crippen molar-refractivity contribution in [1.29, 1.82) is 0 Å². The summed E-state index contributed by atoms with van der Waals surface area (Å²) in [6.07, 6.45) is 5.07. The molecule has 0 saturated heterocycles. The highest BCUT2D eigenvalue weighted by Crippen LogP contribution is 2.27. The molecule has 16 heavy (non-hydrogen) atoms. The molecule has 0 aliphatic carbocycles. The van der Waals surface area contributed by atoms with Crippen molar-refractivity contribution in [3.05, 3.63) is 35.9 Å². The van der Waals surface area contributed by atoms with Crippen LogP contribution in [0.2, 0.25) is 0 Å². The molecule has 86 valence electrons. The molecule has 1 N–H and O–H groups in total. The Labute approximate surface area is 97.2 Å². The Morgan fingerprint density at radius 1 is 1.38 bits per heavy atom. The number of aliphatic hydroxyl groups is 1. The van der Waals surface area contributed by atoms with E-state index in [4.69, 9.17) is 0 Å². The van der Waals surface area contributed by atoms with Crippen molar-refractivity contribution in [3.63, 3.8) is 0 Å². The van der Waals surface area contributed by atoms with Crippen LogP contribution in [-0.4, -0.2) is 23.8 Å². The first-order chi connectivity index (χ1) is 7.62. The topological polar surface area (TPSA) is 23.5 Å². The molecule has 0 spiro atoms. The lowest BCUT2D eigenvalue weighted by atomic mass is 10.0. The molecule has 1 aromatic rings. The van der Waals surface area contributed by atoms with E-state index >= 15 is 0 Å². The van der Waals surface area contributed by atoms with Gasteiger partial charge < -0.3 is 10.0 Å². The highest BCUT2D eigenvalue weighted by molar-refractivity contribution is 5.71. The Morgan fingerprint density at radius 3 is 2.88 bits per heavy atom. The van der Waals surface area contributed by atoms with Gasteiger partial charge in [-0.25, -0.2) is 0 Å². The van der Waals surface area contributed by atoms with E-state index in [2.05, 4.69) is 29.2 Å². The molecule has 1 unspecified atom stereocenters. The van der Waals surface area contributed by atoms with Crippen molar-refractivity contribution >= 4 is 11.8 Å². The molecule has 1 aliphatic heterocycles. The predicted octanol–water partition coefficient (Wildman–Crippen LogP) is 2.68. The quantitative estimate of drug-likeness (QED) is 0.841. The van der Waals surface area contributed by atoms with Crippen LogP contribution in [0, 0.1) is 0 Å². The first kappa shape index (κ1) is 11.2. The molecular weight excluding hydrogens is 198 g/mol. The van der Waals surface area contributed by atoms with Crippen LogP contribution in [0.1, 0.15) is 25.8 Å². The second kappa shape index (κ2) is 4.30. The van der Waals surface area contributed by atoms with Crippen LogP contribution in [0.15, 0.2) is 30.3 Å². The molecular formula is C14H19NO.